The van der Waals surface area contributed by atoms with E-state index in [-0.39, 0.29) is 31.3 Å². The average molecular weight is 397 g/mol. The fourth-order valence-corrected chi connectivity index (χ4v) is 4.97. The lowest BCUT2D eigenvalue weighted by atomic mass is 9.96. The minimum absolute atomic E-state index is 0.107. The summed E-state index contributed by atoms with van der Waals surface area (Å²) in [6.07, 6.45) is -0.406. The molecule has 8 heteroatoms. The van der Waals surface area contributed by atoms with Gasteiger partial charge in [-0.3, -0.25) is 4.31 Å². The zero-order chi connectivity index (χ0) is 20.0. The summed E-state index contributed by atoms with van der Waals surface area (Å²) in [5.41, 5.74) is 2.23. The Labute approximate surface area is 161 Å². The number of nitrogens with zero attached hydrogens (tertiary/aromatic N) is 4. The Morgan fingerprint density at radius 1 is 1.26 bits per heavy atom. The molecule has 0 spiro atoms. The molecule has 1 aliphatic heterocycles. The van der Waals surface area contributed by atoms with Crippen LogP contribution in [0.3, 0.4) is 0 Å². The normalized spacial score (nSPS) is 17.6. The van der Waals surface area contributed by atoms with Gasteiger partial charge in [0.2, 0.25) is 0 Å². The van der Waals surface area contributed by atoms with Gasteiger partial charge in [0.05, 0.1) is 16.7 Å². The molecule has 1 saturated heterocycles. The maximum atomic E-state index is 13.4. The molecule has 0 amide bonds. The molecule has 1 aromatic carbocycles. The minimum atomic E-state index is -3.68. The molecule has 0 atom stereocenters. The van der Waals surface area contributed by atoms with E-state index in [1.807, 2.05) is 18.2 Å². The maximum Gasteiger partial charge on any atom is 0.303 e. The molecule has 0 radical (unpaired) electrons. The van der Waals surface area contributed by atoms with Crippen molar-refractivity contribution in [3.05, 3.63) is 24.0 Å². The minimum Gasteiger partial charge on any atom is -0.328 e. The van der Waals surface area contributed by atoms with Crippen LogP contribution in [-0.4, -0.2) is 48.6 Å². The first-order chi connectivity index (χ1) is 12.6. The molecule has 0 bridgehead atoms. The number of halogens is 1. The third kappa shape index (κ3) is 3.69. The molecule has 0 N–H and O–H groups in total. The number of aryl methyl sites for hydroxylation is 1. The van der Waals surface area contributed by atoms with Crippen LogP contribution >= 0.6 is 0 Å². The summed E-state index contributed by atoms with van der Waals surface area (Å²) in [6.45, 7) is 9.67. The monoisotopic (exact) mass is 396 g/mol. The first-order valence-corrected chi connectivity index (χ1v) is 10.8. The summed E-state index contributed by atoms with van der Waals surface area (Å²) in [4.78, 5) is 4.78. The molecule has 1 fully saturated rings. The smallest absolute Gasteiger partial charge is 0.303 e. The Morgan fingerprint density at radius 2 is 1.89 bits per heavy atom. The van der Waals surface area contributed by atoms with Crippen LogP contribution < -0.4 is 4.31 Å². The van der Waals surface area contributed by atoms with Crippen molar-refractivity contribution in [2.24, 2.45) is 0 Å². The zero-order valence-electron chi connectivity index (χ0n) is 16.7. The van der Waals surface area contributed by atoms with Gasteiger partial charge < -0.3 is 4.57 Å². The number of hydrogen-bond acceptors (Lipinski definition) is 3. The molecule has 2 aromatic rings. The number of benzene rings is 1. The highest BCUT2D eigenvalue weighted by Gasteiger charge is 2.31. The van der Waals surface area contributed by atoms with Crippen molar-refractivity contribution < 1.29 is 12.8 Å². The lowest BCUT2D eigenvalue weighted by Crippen LogP contribution is -2.46. The summed E-state index contributed by atoms with van der Waals surface area (Å²) in [5, 5.41) is 0. The van der Waals surface area contributed by atoms with E-state index in [9.17, 15) is 12.8 Å². The highest BCUT2D eigenvalue weighted by Crippen LogP contribution is 2.30. The van der Waals surface area contributed by atoms with Crippen LogP contribution in [-0.2, 0) is 22.2 Å². The van der Waals surface area contributed by atoms with E-state index in [1.165, 1.54) is 8.61 Å². The summed E-state index contributed by atoms with van der Waals surface area (Å²) in [5.74, 6) is 0.979. The third-order valence-corrected chi connectivity index (χ3v) is 7.06. The number of imidazole rings is 1. The lowest BCUT2D eigenvalue weighted by Gasteiger charge is -2.32. The fourth-order valence-electron chi connectivity index (χ4n) is 3.57. The Hall–Kier alpha value is -1.67. The van der Waals surface area contributed by atoms with Crippen LogP contribution in [0.1, 0.15) is 46.4 Å². The second-order valence-electron chi connectivity index (χ2n) is 8.15. The van der Waals surface area contributed by atoms with Gasteiger partial charge in [0, 0.05) is 32.1 Å². The highest BCUT2D eigenvalue weighted by molar-refractivity contribution is 7.90. The first kappa shape index (κ1) is 20.1. The van der Waals surface area contributed by atoms with Gasteiger partial charge in [-0.1, -0.05) is 20.8 Å². The van der Waals surface area contributed by atoms with Crippen molar-refractivity contribution in [2.75, 3.05) is 24.4 Å². The van der Waals surface area contributed by atoms with E-state index in [1.54, 1.807) is 7.05 Å². The van der Waals surface area contributed by atoms with E-state index in [0.717, 1.165) is 23.4 Å². The van der Waals surface area contributed by atoms with Crippen LogP contribution in [0.25, 0.3) is 11.0 Å². The quantitative estimate of drug-likeness (QED) is 0.795. The standard InChI is InChI=1S/C19H29FN4O2S/c1-6-24-17-8-7-15(13-16(17)21-18(24)19(2,3)4)22(5)27(25,26)23-11-9-14(20)10-12-23/h7-8,13-14H,6,9-12H2,1-5H3. The van der Waals surface area contributed by atoms with Gasteiger partial charge >= 0.3 is 10.2 Å². The van der Waals surface area contributed by atoms with Crippen LogP contribution in [0.2, 0.25) is 0 Å². The van der Waals surface area contributed by atoms with Crippen LogP contribution in [0, 0.1) is 0 Å². The second kappa shape index (κ2) is 7.05. The van der Waals surface area contributed by atoms with Gasteiger partial charge in [-0.25, -0.2) is 9.37 Å². The van der Waals surface area contributed by atoms with Crippen molar-refractivity contribution in [3.63, 3.8) is 0 Å². The second-order valence-corrected chi connectivity index (χ2v) is 10.1. The molecule has 6 nitrogen and oxygen atoms in total. The Bertz CT molecular complexity index is 925. The van der Waals surface area contributed by atoms with Gasteiger partial charge in [-0.15, -0.1) is 0 Å². The van der Waals surface area contributed by atoms with Crippen LogP contribution in [0.5, 0.6) is 0 Å². The average Bonchev–Trinajstić information content (AvgIpc) is 2.99. The lowest BCUT2D eigenvalue weighted by molar-refractivity contribution is 0.210. The predicted octanol–water partition coefficient (Wildman–Crippen LogP) is 3.47. The first-order valence-electron chi connectivity index (χ1n) is 9.44. The number of alkyl halides is 1. The number of rotatable bonds is 4. The number of aromatic nitrogens is 2. The van der Waals surface area contributed by atoms with Crippen LogP contribution in [0.15, 0.2) is 18.2 Å². The van der Waals surface area contributed by atoms with Gasteiger partial charge in [-0.05, 0) is 38.0 Å². The predicted molar refractivity (Wildman–Crippen MR) is 107 cm³/mol. The van der Waals surface area contributed by atoms with Crippen molar-refractivity contribution in [3.8, 4) is 0 Å². The molecule has 27 heavy (non-hydrogen) atoms. The summed E-state index contributed by atoms with van der Waals surface area (Å²) in [7, 11) is -2.14. The third-order valence-electron chi connectivity index (χ3n) is 5.14. The van der Waals surface area contributed by atoms with Crippen molar-refractivity contribution in [2.45, 2.75) is 58.7 Å². The zero-order valence-corrected chi connectivity index (χ0v) is 17.6. The molecule has 0 aliphatic carbocycles. The molecule has 1 aliphatic rings. The molecule has 0 unspecified atom stereocenters. The van der Waals surface area contributed by atoms with E-state index in [0.29, 0.717) is 5.69 Å². The number of anilines is 1. The van der Waals surface area contributed by atoms with Crippen molar-refractivity contribution >= 4 is 26.9 Å². The van der Waals surface area contributed by atoms with Gasteiger partial charge in [0.25, 0.3) is 0 Å². The molecular weight excluding hydrogens is 367 g/mol. The fraction of sp³-hybridized carbons (Fsp3) is 0.632. The van der Waals surface area contributed by atoms with Gasteiger partial charge in [0.1, 0.15) is 12.0 Å². The Balaban J connectivity index is 1.97. The molecular formula is C19H29FN4O2S. The number of fused-ring (bicyclic) bond motifs is 1. The molecule has 2 heterocycles. The van der Waals surface area contributed by atoms with E-state index >= 15 is 0 Å². The molecule has 150 valence electrons. The van der Waals surface area contributed by atoms with E-state index in [4.69, 9.17) is 4.98 Å². The van der Waals surface area contributed by atoms with Gasteiger partial charge in [0.15, 0.2) is 0 Å². The molecule has 0 saturated carbocycles. The van der Waals surface area contributed by atoms with E-state index < -0.39 is 16.4 Å². The SMILES string of the molecule is CCn1c(C(C)(C)C)nc2cc(N(C)S(=O)(=O)N3CCC(F)CC3)ccc21. The van der Waals surface area contributed by atoms with E-state index in [2.05, 4.69) is 32.3 Å². The topological polar surface area (TPSA) is 58.4 Å². The van der Waals surface area contributed by atoms with Gasteiger partial charge in [-0.2, -0.15) is 12.7 Å². The highest BCUT2D eigenvalue weighted by atomic mass is 32.2. The molecule has 3 rings (SSSR count). The summed E-state index contributed by atoms with van der Waals surface area (Å²) in [6, 6.07) is 5.55. The largest absolute Gasteiger partial charge is 0.328 e. The Morgan fingerprint density at radius 3 is 2.44 bits per heavy atom. The molecule has 1 aromatic heterocycles. The van der Waals surface area contributed by atoms with Crippen molar-refractivity contribution in [1.29, 1.82) is 0 Å². The summed E-state index contributed by atoms with van der Waals surface area (Å²) >= 11 is 0. The van der Waals surface area contributed by atoms with Crippen LogP contribution in [0.4, 0.5) is 10.1 Å². The number of piperidine rings is 1. The Kier molecular flexibility index (Phi) is 5.24. The summed E-state index contributed by atoms with van der Waals surface area (Å²) < 4.78 is 44.0. The maximum absolute atomic E-state index is 13.4. The number of hydrogen-bond donors (Lipinski definition) is 0. The van der Waals surface area contributed by atoms with Crippen molar-refractivity contribution in [1.82, 2.24) is 13.9 Å².